The molecule has 15 heavy (non-hydrogen) atoms. The van der Waals surface area contributed by atoms with Gasteiger partial charge in [0.15, 0.2) is 5.82 Å². The summed E-state index contributed by atoms with van der Waals surface area (Å²) in [4.78, 5) is 9.33. The van der Waals surface area contributed by atoms with Gasteiger partial charge in [0.1, 0.15) is 17.0 Å². The molecule has 0 aliphatic carbocycles. The summed E-state index contributed by atoms with van der Waals surface area (Å²) in [5.74, 6) is 1.25. The zero-order chi connectivity index (χ0) is 10.3. The van der Waals surface area contributed by atoms with Crippen molar-refractivity contribution in [3.8, 4) is 5.82 Å². The minimum Gasteiger partial charge on any atom is -0.382 e. The molecule has 0 unspecified atom stereocenters. The van der Waals surface area contributed by atoms with Crippen molar-refractivity contribution >= 4 is 27.4 Å². The summed E-state index contributed by atoms with van der Waals surface area (Å²) in [6.45, 7) is 0. The average molecular weight is 217 g/mol. The molecule has 3 aromatic rings. The average Bonchev–Trinajstić information content (AvgIpc) is 2.84. The third kappa shape index (κ3) is 1.26. The number of nitrogens with two attached hydrogens (primary N) is 1. The van der Waals surface area contributed by atoms with Crippen LogP contribution in [0.5, 0.6) is 0 Å². The van der Waals surface area contributed by atoms with Crippen molar-refractivity contribution in [1.82, 2.24) is 19.7 Å². The third-order valence-corrected chi connectivity index (χ3v) is 2.89. The molecular formula is C9H7N5S. The Bertz CT molecular complexity index is 612. The lowest BCUT2D eigenvalue weighted by molar-refractivity contribution is 0.856. The number of aromatic nitrogens is 4. The lowest BCUT2D eigenvalue weighted by atomic mass is 10.4. The van der Waals surface area contributed by atoms with E-state index in [4.69, 9.17) is 5.73 Å². The van der Waals surface area contributed by atoms with E-state index in [0.29, 0.717) is 5.82 Å². The van der Waals surface area contributed by atoms with Gasteiger partial charge < -0.3 is 5.73 Å². The number of thiophene rings is 1. The van der Waals surface area contributed by atoms with Crippen LogP contribution in [-0.2, 0) is 0 Å². The topological polar surface area (TPSA) is 69.6 Å². The number of hydrogen-bond acceptors (Lipinski definition) is 5. The van der Waals surface area contributed by atoms with Crippen molar-refractivity contribution in [3.63, 3.8) is 0 Å². The van der Waals surface area contributed by atoms with E-state index in [9.17, 15) is 0 Å². The van der Waals surface area contributed by atoms with Crippen molar-refractivity contribution < 1.29 is 0 Å². The molecule has 3 aromatic heterocycles. The fourth-order valence-corrected chi connectivity index (χ4v) is 2.14. The number of hydrogen-bond donors (Lipinski definition) is 1. The number of nitrogens with zero attached hydrogens (tertiary/aromatic N) is 4. The largest absolute Gasteiger partial charge is 0.382 e. The lowest BCUT2D eigenvalue weighted by Crippen LogP contribution is -1.99. The van der Waals surface area contributed by atoms with Crippen molar-refractivity contribution in [3.05, 3.63) is 30.0 Å². The molecule has 6 heteroatoms. The summed E-state index contributed by atoms with van der Waals surface area (Å²) in [5.41, 5.74) is 5.56. The summed E-state index contributed by atoms with van der Waals surface area (Å²) >= 11 is 1.58. The molecule has 3 heterocycles. The molecule has 74 valence electrons. The van der Waals surface area contributed by atoms with Crippen LogP contribution in [-0.4, -0.2) is 19.7 Å². The summed E-state index contributed by atoms with van der Waals surface area (Å²) in [6.07, 6.45) is 3.32. The second-order valence-electron chi connectivity index (χ2n) is 3.02. The monoisotopic (exact) mass is 217 g/mol. The molecule has 3 rings (SSSR count). The highest BCUT2D eigenvalue weighted by atomic mass is 32.1. The Morgan fingerprint density at radius 1 is 1.27 bits per heavy atom. The van der Waals surface area contributed by atoms with Gasteiger partial charge in [0, 0.05) is 12.3 Å². The molecular weight excluding hydrogens is 210 g/mol. The highest BCUT2D eigenvalue weighted by molar-refractivity contribution is 7.16. The van der Waals surface area contributed by atoms with Crippen LogP contribution in [0.3, 0.4) is 0 Å². The van der Waals surface area contributed by atoms with Gasteiger partial charge in [-0.05, 0) is 11.4 Å². The Hall–Kier alpha value is -1.95. The second-order valence-corrected chi connectivity index (χ2v) is 3.92. The van der Waals surface area contributed by atoms with Crippen molar-refractivity contribution in [2.75, 3.05) is 5.73 Å². The maximum absolute atomic E-state index is 5.56. The highest BCUT2D eigenvalue weighted by Crippen LogP contribution is 2.22. The number of fused-ring (bicyclic) bond motifs is 1. The lowest BCUT2D eigenvalue weighted by Gasteiger charge is -2.00. The van der Waals surface area contributed by atoms with Crippen LogP contribution >= 0.6 is 11.3 Å². The Labute approximate surface area is 89.2 Å². The summed E-state index contributed by atoms with van der Waals surface area (Å²) in [6, 6.07) is 3.72. The van der Waals surface area contributed by atoms with Crippen LogP contribution in [0.15, 0.2) is 30.0 Å². The molecule has 0 fully saturated rings. The first-order chi connectivity index (χ1) is 7.34. The minimum absolute atomic E-state index is 0.483. The molecule has 0 aliphatic rings. The van der Waals surface area contributed by atoms with Crippen LogP contribution in [0.4, 0.5) is 5.82 Å². The fourth-order valence-electron chi connectivity index (χ4n) is 1.42. The van der Waals surface area contributed by atoms with Gasteiger partial charge in [-0.25, -0.2) is 14.6 Å². The molecule has 0 radical (unpaired) electrons. The van der Waals surface area contributed by atoms with E-state index in [1.165, 1.54) is 6.33 Å². The number of anilines is 1. The van der Waals surface area contributed by atoms with Crippen LogP contribution < -0.4 is 5.73 Å². The number of nitrogen functional groups attached to an aromatic ring is 1. The summed E-state index contributed by atoms with van der Waals surface area (Å²) in [7, 11) is 0. The first-order valence-electron chi connectivity index (χ1n) is 4.34. The van der Waals surface area contributed by atoms with Crippen LogP contribution in [0.25, 0.3) is 16.0 Å². The van der Waals surface area contributed by atoms with E-state index in [1.807, 2.05) is 11.4 Å². The Balaban J connectivity index is 2.30. The van der Waals surface area contributed by atoms with E-state index in [2.05, 4.69) is 15.1 Å². The Morgan fingerprint density at radius 3 is 3.00 bits per heavy atom. The molecule has 0 saturated heterocycles. The first kappa shape index (κ1) is 8.37. The van der Waals surface area contributed by atoms with Gasteiger partial charge >= 0.3 is 0 Å². The molecule has 0 atom stereocenters. The van der Waals surface area contributed by atoms with Crippen molar-refractivity contribution in [2.45, 2.75) is 0 Å². The molecule has 0 spiro atoms. The quantitative estimate of drug-likeness (QED) is 0.670. The smallest absolute Gasteiger partial charge is 0.165 e. The van der Waals surface area contributed by atoms with Gasteiger partial charge in [0.25, 0.3) is 0 Å². The maximum atomic E-state index is 5.56. The molecule has 0 aromatic carbocycles. The minimum atomic E-state index is 0.483. The van der Waals surface area contributed by atoms with Crippen LogP contribution in [0, 0.1) is 0 Å². The van der Waals surface area contributed by atoms with E-state index in [1.54, 1.807) is 28.3 Å². The van der Waals surface area contributed by atoms with E-state index < -0.39 is 0 Å². The number of rotatable bonds is 1. The summed E-state index contributed by atoms with van der Waals surface area (Å²) < 4.78 is 1.66. The first-order valence-corrected chi connectivity index (χ1v) is 5.22. The van der Waals surface area contributed by atoms with Gasteiger partial charge in [0.05, 0.1) is 5.39 Å². The molecule has 0 saturated carbocycles. The predicted octanol–water partition coefficient (Wildman–Crippen LogP) is 1.46. The molecule has 5 nitrogen and oxygen atoms in total. The zero-order valence-corrected chi connectivity index (χ0v) is 8.48. The maximum Gasteiger partial charge on any atom is 0.165 e. The zero-order valence-electron chi connectivity index (χ0n) is 7.66. The van der Waals surface area contributed by atoms with Crippen molar-refractivity contribution in [2.24, 2.45) is 0 Å². The predicted molar refractivity (Wildman–Crippen MR) is 58.9 cm³/mol. The van der Waals surface area contributed by atoms with E-state index in [-0.39, 0.29) is 0 Å². The highest BCUT2D eigenvalue weighted by Gasteiger charge is 2.07. The Morgan fingerprint density at radius 2 is 2.20 bits per heavy atom. The van der Waals surface area contributed by atoms with Gasteiger partial charge in [-0.2, -0.15) is 0 Å². The van der Waals surface area contributed by atoms with Gasteiger partial charge in [-0.3, -0.25) is 0 Å². The van der Waals surface area contributed by atoms with Crippen LogP contribution in [0.1, 0.15) is 0 Å². The van der Waals surface area contributed by atoms with E-state index in [0.717, 1.165) is 16.0 Å². The Kier molecular flexibility index (Phi) is 1.69. The van der Waals surface area contributed by atoms with Crippen LogP contribution in [0.2, 0.25) is 0 Å². The summed E-state index contributed by atoms with van der Waals surface area (Å²) in [5, 5.41) is 7.09. The fraction of sp³-hybridized carbons (Fsp3) is 0. The van der Waals surface area contributed by atoms with Gasteiger partial charge in [-0.1, -0.05) is 0 Å². The molecule has 0 aliphatic heterocycles. The van der Waals surface area contributed by atoms with Crippen molar-refractivity contribution in [1.29, 1.82) is 0 Å². The van der Waals surface area contributed by atoms with Gasteiger partial charge in [-0.15, -0.1) is 16.4 Å². The SMILES string of the molecule is Nc1ccn(-c2ncnc3sccc23)n1. The normalized spacial score (nSPS) is 10.9. The molecule has 0 bridgehead atoms. The molecule has 2 N–H and O–H groups in total. The third-order valence-electron chi connectivity index (χ3n) is 2.07. The van der Waals surface area contributed by atoms with Gasteiger partial charge in [0.2, 0.25) is 0 Å². The second kappa shape index (κ2) is 3.03. The molecule has 0 amide bonds. The standard InChI is InChI=1S/C9H7N5S/c10-7-1-3-14(13-7)8-6-2-4-15-9(6)12-5-11-8/h1-5H,(H2,10,13). The van der Waals surface area contributed by atoms with E-state index >= 15 is 0 Å².